The SMILES string of the molecule is COc1ccc(C(C)O)cc1CN1CCCC2CCCC21. The Morgan fingerprint density at radius 1 is 1.29 bits per heavy atom. The molecule has 0 amide bonds. The molecule has 1 aliphatic carbocycles. The van der Waals surface area contributed by atoms with Gasteiger partial charge in [0.15, 0.2) is 0 Å². The van der Waals surface area contributed by atoms with Gasteiger partial charge in [-0.05, 0) is 62.8 Å². The number of nitrogens with zero attached hydrogens (tertiary/aromatic N) is 1. The van der Waals surface area contributed by atoms with Gasteiger partial charge in [-0.2, -0.15) is 0 Å². The lowest BCUT2D eigenvalue weighted by molar-refractivity contribution is 0.105. The number of aliphatic hydroxyl groups is 1. The third kappa shape index (κ3) is 3.09. The summed E-state index contributed by atoms with van der Waals surface area (Å²) in [6.07, 6.45) is 6.45. The first-order chi connectivity index (χ1) is 10.2. The van der Waals surface area contributed by atoms with Crippen molar-refractivity contribution in [2.45, 2.75) is 57.7 Å². The molecule has 116 valence electrons. The van der Waals surface area contributed by atoms with Gasteiger partial charge in [0.1, 0.15) is 5.75 Å². The third-order valence-electron chi connectivity index (χ3n) is 5.27. The second-order valence-electron chi connectivity index (χ2n) is 6.62. The quantitative estimate of drug-likeness (QED) is 0.920. The van der Waals surface area contributed by atoms with Gasteiger partial charge in [0.2, 0.25) is 0 Å². The fourth-order valence-electron chi connectivity index (χ4n) is 4.15. The molecule has 2 aliphatic rings. The summed E-state index contributed by atoms with van der Waals surface area (Å²) in [6, 6.07) is 6.83. The number of hydrogen-bond acceptors (Lipinski definition) is 3. The second kappa shape index (κ2) is 6.37. The molecule has 3 unspecified atom stereocenters. The first kappa shape index (κ1) is 14.9. The zero-order valence-corrected chi connectivity index (χ0v) is 13.2. The van der Waals surface area contributed by atoms with Crippen LogP contribution in [-0.4, -0.2) is 29.7 Å². The van der Waals surface area contributed by atoms with E-state index in [1.165, 1.54) is 44.2 Å². The van der Waals surface area contributed by atoms with Crippen molar-refractivity contribution in [3.05, 3.63) is 29.3 Å². The van der Waals surface area contributed by atoms with E-state index in [0.717, 1.165) is 29.8 Å². The Hall–Kier alpha value is -1.06. The third-order valence-corrected chi connectivity index (χ3v) is 5.27. The van der Waals surface area contributed by atoms with Crippen molar-refractivity contribution >= 4 is 0 Å². The van der Waals surface area contributed by atoms with Gasteiger partial charge in [-0.15, -0.1) is 0 Å². The summed E-state index contributed by atoms with van der Waals surface area (Å²) in [6.45, 7) is 3.97. The van der Waals surface area contributed by atoms with Crippen LogP contribution in [0, 0.1) is 5.92 Å². The van der Waals surface area contributed by atoms with Crippen LogP contribution < -0.4 is 4.74 Å². The summed E-state index contributed by atoms with van der Waals surface area (Å²) >= 11 is 0. The molecule has 1 N–H and O–H groups in total. The van der Waals surface area contributed by atoms with E-state index >= 15 is 0 Å². The standard InChI is InChI=1S/C18H27NO2/c1-13(20)15-8-9-18(21-2)16(11-15)12-19-10-4-6-14-5-3-7-17(14)19/h8-9,11,13-14,17,20H,3-7,10,12H2,1-2H3. The molecule has 1 saturated heterocycles. The number of likely N-dealkylation sites (tertiary alicyclic amines) is 1. The zero-order valence-electron chi connectivity index (χ0n) is 13.2. The fraction of sp³-hybridized carbons (Fsp3) is 0.667. The van der Waals surface area contributed by atoms with E-state index in [2.05, 4.69) is 11.0 Å². The van der Waals surface area contributed by atoms with Gasteiger partial charge < -0.3 is 9.84 Å². The Morgan fingerprint density at radius 2 is 2.10 bits per heavy atom. The normalized spacial score (nSPS) is 27.4. The maximum atomic E-state index is 9.81. The van der Waals surface area contributed by atoms with Gasteiger partial charge >= 0.3 is 0 Å². The van der Waals surface area contributed by atoms with Crippen LogP contribution >= 0.6 is 0 Å². The maximum absolute atomic E-state index is 9.81. The van der Waals surface area contributed by atoms with E-state index in [-0.39, 0.29) is 0 Å². The van der Waals surface area contributed by atoms with E-state index in [0.29, 0.717) is 0 Å². The Kier molecular flexibility index (Phi) is 4.51. The van der Waals surface area contributed by atoms with Gasteiger partial charge in [0.25, 0.3) is 0 Å². The van der Waals surface area contributed by atoms with Crippen molar-refractivity contribution in [3.63, 3.8) is 0 Å². The summed E-state index contributed by atoms with van der Waals surface area (Å²) in [5, 5.41) is 9.81. The molecule has 3 heteroatoms. The second-order valence-corrected chi connectivity index (χ2v) is 6.62. The van der Waals surface area contributed by atoms with Crippen molar-refractivity contribution in [1.29, 1.82) is 0 Å². The molecule has 1 saturated carbocycles. The monoisotopic (exact) mass is 289 g/mol. The minimum Gasteiger partial charge on any atom is -0.496 e. The summed E-state index contributed by atoms with van der Waals surface area (Å²) in [4.78, 5) is 2.64. The number of methoxy groups -OCH3 is 1. The highest BCUT2D eigenvalue weighted by Crippen LogP contribution is 2.38. The van der Waals surface area contributed by atoms with Crippen LogP contribution in [0.1, 0.15) is 56.3 Å². The number of benzene rings is 1. The van der Waals surface area contributed by atoms with E-state index in [1.54, 1.807) is 7.11 Å². The minimum atomic E-state index is -0.421. The first-order valence-corrected chi connectivity index (χ1v) is 8.28. The molecule has 1 aliphatic heterocycles. The predicted molar refractivity (Wildman–Crippen MR) is 84.4 cm³/mol. The number of ether oxygens (including phenoxy) is 1. The molecule has 1 aromatic rings. The maximum Gasteiger partial charge on any atom is 0.123 e. The van der Waals surface area contributed by atoms with E-state index in [4.69, 9.17) is 4.74 Å². The van der Waals surface area contributed by atoms with Gasteiger partial charge in [0.05, 0.1) is 13.2 Å². The van der Waals surface area contributed by atoms with Gasteiger partial charge in [0, 0.05) is 18.2 Å². The summed E-state index contributed by atoms with van der Waals surface area (Å²) in [7, 11) is 1.73. The average Bonchev–Trinajstić information content (AvgIpc) is 2.96. The number of piperidine rings is 1. The van der Waals surface area contributed by atoms with Crippen LogP contribution in [0.4, 0.5) is 0 Å². The smallest absolute Gasteiger partial charge is 0.123 e. The average molecular weight is 289 g/mol. The summed E-state index contributed by atoms with van der Waals surface area (Å²) < 4.78 is 5.52. The van der Waals surface area contributed by atoms with Crippen molar-refractivity contribution in [3.8, 4) is 5.75 Å². The Balaban J connectivity index is 1.81. The van der Waals surface area contributed by atoms with Crippen molar-refractivity contribution in [2.24, 2.45) is 5.92 Å². The molecule has 2 fully saturated rings. The molecule has 1 heterocycles. The highest BCUT2D eigenvalue weighted by Gasteiger charge is 2.35. The highest BCUT2D eigenvalue weighted by atomic mass is 16.5. The van der Waals surface area contributed by atoms with E-state index in [1.807, 2.05) is 19.1 Å². The molecule has 0 radical (unpaired) electrons. The molecule has 0 bridgehead atoms. The molecule has 3 nitrogen and oxygen atoms in total. The molecule has 3 atom stereocenters. The molecule has 3 rings (SSSR count). The lowest BCUT2D eigenvalue weighted by atomic mass is 9.91. The van der Waals surface area contributed by atoms with Crippen LogP contribution in [0.2, 0.25) is 0 Å². The number of fused-ring (bicyclic) bond motifs is 1. The van der Waals surface area contributed by atoms with Crippen LogP contribution in [0.15, 0.2) is 18.2 Å². The molecule has 21 heavy (non-hydrogen) atoms. The minimum absolute atomic E-state index is 0.421. The summed E-state index contributed by atoms with van der Waals surface area (Å²) in [5.41, 5.74) is 2.19. The van der Waals surface area contributed by atoms with E-state index < -0.39 is 6.10 Å². The lowest BCUT2D eigenvalue weighted by Gasteiger charge is -2.38. The Bertz CT molecular complexity index is 486. The summed E-state index contributed by atoms with van der Waals surface area (Å²) in [5.74, 6) is 1.85. The molecule has 0 spiro atoms. The highest BCUT2D eigenvalue weighted by molar-refractivity contribution is 5.38. The van der Waals surface area contributed by atoms with Crippen molar-refractivity contribution in [1.82, 2.24) is 4.90 Å². The number of hydrogen-bond donors (Lipinski definition) is 1. The fourth-order valence-corrected chi connectivity index (χ4v) is 4.15. The molecule has 1 aromatic carbocycles. The van der Waals surface area contributed by atoms with Crippen molar-refractivity contribution < 1.29 is 9.84 Å². The molecular formula is C18H27NO2. The predicted octanol–water partition coefficient (Wildman–Crippen LogP) is 3.51. The number of aliphatic hydroxyl groups excluding tert-OH is 1. The Labute approximate surface area is 127 Å². The van der Waals surface area contributed by atoms with Crippen LogP contribution in [0.3, 0.4) is 0 Å². The lowest BCUT2D eigenvalue weighted by Crippen LogP contribution is -2.41. The van der Waals surface area contributed by atoms with Gasteiger partial charge in [-0.25, -0.2) is 0 Å². The van der Waals surface area contributed by atoms with Crippen molar-refractivity contribution in [2.75, 3.05) is 13.7 Å². The van der Waals surface area contributed by atoms with Crippen LogP contribution in [-0.2, 0) is 6.54 Å². The zero-order chi connectivity index (χ0) is 14.8. The van der Waals surface area contributed by atoms with Crippen LogP contribution in [0.5, 0.6) is 5.75 Å². The Morgan fingerprint density at radius 3 is 2.86 bits per heavy atom. The van der Waals surface area contributed by atoms with Gasteiger partial charge in [-0.1, -0.05) is 12.5 Å². The van der Waals surface area contributed by atoms with Crippen LogP contribution in [0.25, 0.3) is 0 Å². The first-order valence-electron chi connectivity index (χ1n) is 8.28. The topological polar surface area (TPSA) is 32.7 Å². The number of rotatable bonds is 4. The molecular weight excluding hydrogens is 262 g/mol. The van der Waals surface area contributed by atoms with E-state index in [9.17, 15) is 5.11 Å². The largest absolute Gasteiger partial charge is 0.496 e. The van der Waals surface area contributed by atoms with Gasteiger partial charge in [-0.3, -0.25) is 4.90 Å². The molecule has 0 aromatic heterocycles.